The number of aromatic nitrogens is 2. The molecule has 2 aromatic rings. The Hall–Kier alpha value is -1.57. The molecule has 1 aromatic heterocycles. The van der Waals surface area contributed by atoms with E-state index in [0.29, 0.717) is 12.5 Å². The van der Waals surface area contributed by atoms with Crippen molar-refractivity contribution in [2.45, 2.75) is 32.7 Å². The number of anilines is 1. The van der Waals surface area contributed by atoms with Gasteiger partial charge >= 0.3 is 0 Å². The number of benzene rings is 1. The summed E-state index contributed by atoms with van der Waals surface area (Å²) in [4.78, 5) is 4.39. The molecule has 118 valence electrons. The molecule has 1 aliphatic carbocycles. The van der Waals surface area contributed by atoms with Crippen LogP contribution in [0, 0.1) is 6.92 Å². The molecular weight excluding hydrogens is 389 g/mol. The number of guanidine groups is 1. The lowest BCUT2D eigenvalue weighted by Crippen LogP contribution is -2.22. The fraction of sp³-hybridized carbons (Fsp3) is 0.375. The summed E-state index contributed by atoms with van der Waals surface area (Å²) in [7, 11) is 1.93. The van der Waals surface area contributed by atoms with Crippen molar-refractivity contribution >= 4 is 35.6 Å². The Morgan fingerprint density at radius 2 is 2.14 bits per heavy atom. The van der Waals surface area contributed by atoms with Gasteiger partial charge < -0.3 is 11.1 Å². The molecule has 0 unspecified atom stereocenters. The molecule has 1 heterocycles. The Morgan fingerprint density at radius 1 is 1.36 bits per heavy atom. The van der Waals surface area contributed by atoms with Crippen molar-refractivity contribution in [3.05, 3.63) is 46.8 Å². The summed E-state index contributed by atoms with van der Waals surface area (Å²) in [5.41, 5.74) is 12.1. The molecule has 3 N–H and O–H groups in total. The van der Waals surface area contributed by atoms with Gasteiger partial charge in [-0.25, -0.2) is 4.99 Å². The highest BCUT2D eigenvalue weighted by Crippen LogP contribution is 2.24. The quantitative estimate of drug-likeness (QED) is 0.464. The Morgan fingerprint density at radius 3 is 2.86 bits per heavy atom. The highest BCUT2D eigenvalue weighted by atomic mass is 127. The van der Waals surface area contributed by atoms with E-state index in [9.17, 15) is 0 Å². The third kappa shape index (κ3) is 3.60. The lowest BCUT2D eigenvalue weighted by molar-refractivity contribution is 0.737. The number of halogens is 1. The van der Waals surface area contributed by atoms with Gasteiger partial charge in [0.1, 0.15) is 0 Å². The van der Waals surface area contributed by atoms with Gasteiger partial charge in [-0.05, 0) is 49.4 Å². The number of nitrogens with zero attached hydrogens (tertiary/aromatic N) is 3. The van der Waals surface area contributed by atoms with Crippen LogP contribution in [-0.4, -0.2) is 15.7 Å². The molecule has 3 rings (SSSR count). The van der Waals surface area contributed by atoms with E-state index in [1.54, 1.807) is 0 Å². The van der Waals surface area contributed by atoms with Crippen LogP contribution in [-0.2, 0) is 26.4 Å². The predicted octanol–water partition coefficient (Wildman–Crippen LogP) is 2.76. The maximum Gasteiger partial charge on any atom is 0.193 e. The van der Waals surface area contributed by atoms with Gasteiger partial charge in [-0.3, -0.25) is 4.68 Å². The molecule has 0 saturated heterocycles. The Bertz CT molecular complexity index is 690. The highest BCUT2D eigenvalue weighted by Gasteiger charge is 2.11. The van der Waals surface area contributed by atoms with Gasteiger partial charge in [-0.1, -0.05) is 6.07 Å². The van der Waals surface area contributed by atoms with Crippen molar-refractivity contribution in [1.82, 2.24) is 9.78 Å². The van der Waals surface area contributed by atoms with Crippen LogP contribution in [0.1, 0.15) is 28.8 Å². The molecule has 0 bridgehead atoms. The molecule has 0 atom stereocenters. The van der Waals surface area contributed by atoms with Crippen molar-refractivity contribution in [2.24, 2.45) is 17.8 Å². The smallest absolute Gasteiger partial charge is 0.193 e. The number of rotatable bonds is 3. The van der Waals surface area contributed by atoms with E-state index in [4.69, 9.17) is 5.73 Å². The maximum atomic E-state index is 5.97. The summed E-state index contributed by atoms with van der Waals surface area (Å²) in [6, 6.07) is 6.44. The van der Waals surface area contributed by atoms with Crippen LogP contribution < -0.4 is 11.1 Å². The van der Waals surface area contributed by atoms with Gasteiger partial charge in [-0.2, -0.15) is 5.10 Å². The molecule has 6 heteroatoms. The van der Waals surface area contributed by atoms with Crippen LogP contribution in [0.3, 0.4) is 0 Å². The number of hydrogen-bond acceptors (Lipinski definition) is 2. The number of aryl methyl sites for hydroxylation is 3. The fourth-order valence-corrected chi connectivity index (χ4v) is 2.71. The number of fused-ring (bicyclic) bond motifs is 1. The van der Waals surface area contributed by atoms with Crippen LogP contribution in [0.2, 0.25) is 0 Å². The van der Waals surface area contributed by atoms with Crippen molar-refractivity contribution in [2.75, 3.05) is 5.32 Å². The van der Waals surface area contributed by atoms with Crippen LogP contribution in [0.4, 0.5) is 5.69 Å². The molecule has 5 nitrogen and oxygen atoms in total. The summed E-state index contributed by atoms with van der Waals surface area (Å²) >= 11 is 0. The first-order valence-electron chi connectivity index (χ1n) is 7.29. The topological polar surface area (TPSA) is 68.2 Å². The van der Waals surface area contributed by atoms with Crippen LogP contribution in [0.25, 0.3) is 0 Å². The third-order valence-electron chi connectivity index (χ3n) is 4.13. The minimum atomic E-state index is 0. The average Bonchev–Trinajstić information content (AvgIpc) is 3.05. The lowest BCUT2D eigenvalue weighted by Gasteiger charge is -2.08. The normalized spacial score (nSPS) is 13.6. The Kier molecular flexibility index (Phi) is 5.44. The molecule has 22 heavy (non-hydrogen) atoms. The molecular formula is C16H22IN5. The summed E-state index contributed by atoms with van der Waals surface area (Å²) in [5, 5.41) is 7.37. The first-order chi connectivity index (χ1) is 10.1. The molecule has 0 spiro atoms. The number of hydrogen-bond donors (Lipinski definition) is 2. The summed E-state index contributed by atoms with van der Waals surface area (Å²) in [6.45, 7) is 2.57. The SMILES string of the molecule is Cc1c(CN=C(N)Nc2ccc3c(c2)CCC3)cnn1C.I. The maximum absolute atomic E-state index is 5.97. The molecule has 0 fully saturated rings. The largest absolute Gasteiger partial charge is 0.370 e. The minimum Gasteiger partial charge on any atom is -0.370 e. The van der Waals surface area contributed by atoms with Crippen molar-refractivity contribution < 1.29 is 0 Å². The second-order valence-electron chi connectivity index (χ2n) is 5.54. The molecule has 0 saturated carbocycles. The molecule has 1 aromatic carbocycles. The second kappa shape index (κ2) is 7.13. The standard InChI is InChI=1S/C16H21N5.HI/c1-11-14(10-19-21(11)2)9-18-16(17)20-15-7-6-12-4-3-5-13(12)8-15;/h6-8,10H,3-5,9H2,1-2H3,(H3,17,18,20);1H. The van der Waals surface area contributed by atoms with E-state index in [-0.39, 0.29) is 24.0 Å². The number of aliphatic imine (C=N–C) groups is 1. The van der Waals surface area contributed by atoms with E-state index < -0.39 is 0 Å². The monoisotopic (exact) mass is 411 g/mol. The van der Waals surface area contributed by atoms with Crippen molar-refractivity contribution in [1.29, 1.82) is 0 Å². The van der Waals surface area contributed by atoms with Gasteiger partial charge in [0.25, 0.3) is 0 Å². The van der Waals surface area contributed by atoms with E-state index >= 15 is 0 Å². The van der Waals surface area contributed by atoms with Gasteiger partial charge in [0.05, 0.1) is 12.7 Å². The van der Waals surface area contributed by atoms with Crippen LogP contribution in [0.15, 0.2) is 29.4 Å². The fourth-order valence-electron chi connectivity index (χ4n) is 2.71. The van der Waals surface area contributed by atoms with Crippen LogP contribution in [0.5, 0.6) is 0 Å². The summed E-state index contributed by atoms with van der Waals surface area (Å²) in [5.74, 6) is 0.441. The van der Waals surface area contributed by atoms with Gasteiger partial charge in [0.15, 0.2) is 5.96 Å². The number of nitrogens with one attached hydrogen (secondary N) is 1. The second-order valence-corrected chi connectivity index (χ2v) is 5.54. The summed E-state index contributed by atoms with van der Waals surface area (Å²) in [6.07, 6.45) is 5.44. The van der Waals surface area contributed by atoms with Crippen LogP contribution >= 0.6 is 24.0 Å². The molecule has 0 aliphatic heterocycles. The summed E-state index contributed by atoms with van der Waals surface area (Å²) < 4.78 is 1.84. The van der Waals surface area contributed by atoms with Crippen molar-refractivity contribution in [3.63, 3.8) is 0 Å². The van der Waals surface area contributed by atoms with Gasteiger partial charge in [0, 0.05) is 24.0 Å². The predicted molar refractivity (Wildman–Crippen MR) is 101 cm³/mol. The third-order valence-corrected chi connectivity index (χ3v) is 4.13. The van der Waals surface area contributed by atoms with Gasteiger partial charge in [-0.15, -0.1) is 24.0 Å². The molecule has 0 amide bonds. The Balaban J connectivity index is 0.00000176. The van der Waals surface area contributed by atoms with E-state index in [2.05, 4.69) is 33.6 Å². The molecule has 0 radical (unpaired) electrons. The van der Waals surface area contributed by atoms with E-state index in [1.165, 1.54) is 24.0 Å². The average molecular weight is 411 g/mol. The highest BCUT2D eigenvalue weighted by molar-refractivity contribution is 14.0. The molecule has 1 aliphatic rings. The minimum absolute atomic E-state index is 0. The first-order valence-corrected chi connectivity index (χ1v) is 7.29. The van der Waals surface area contributed by atoms with E-state index in [1.807, 2.05) is 24.9 Å². The van der Waals surface area contributed by atoms with Gasteiger partial charge in [0.2, 0.25) is 0 Å². The lowest BCUT2D eigenvalue weighted by atomic mass is 10.1. The zero-order valence-electron chi connectivity index (χ0n) is 13.0. The zero-order valence-corrected chi connectivity index (χ0v) is 15.3. The zero-order chi connectivity index (χ0) is 14.8. The Labute approximate surface area is 148 Å². The first kappa shape index (κ1) is 16.8. The number of nitrogens with two attached hydrogens (primary N) is 1. The van der Waals surface area contributed by atoms with E-state index in [0.717, 1.165) is 23.4 Å². The van der Waals surface area contributed by atoms with Crippen molar-refractivity contribution in [3.8, 4) is 0 Å².